The van der Waals surface area contributed by atoms with Crippen molar-refractivity contribution in [2.75, 3.05) is 10.1 Å². The first kappa shape index (κ1) is 27.3. The van der Waals surface area contributed by atoms with Crippen molar-refractivity contribution in [2.24, 2.45) is 0 Å². The number of rotatable bonds is 10. The fraction of sp³-hybridized carbons (Fsp3) is 0.414. The van der Waals surface area contributed by atoms with E-state index in [1.807, 2.05) is 84.9 Å². The minimum absolute atomic E-state index is 0.372. The maximum Gasteiger partial charge on any atom is 0.216 e. The summed E-state index contributed by atoms with van der Waals surface area (Å²) in [5, 5.41) is 41.6. The van der Waals surface area contributed by atoms with Gasteiger partial charge >= 0.3 is 0 Å². The number of anilines is 2. The van der Waals surface area contributed by atoms with Crippen molar-refractivity contribution in [3.8, 4) is 5.75 Å². The molecule has 0 amide bonds. The molecule has 0 saturated heterocycles. The van der Waals surface area contributed by atoms with Crippen molar-refractivity contribution in [3.63, 3.8) is 0 Å². The van der Waals surface area contributed by atoms with E-state index in [1.165, 1.54) is 0 Å². The summed E-state index contributed by atoms with van der Waals surface area (Å²) in [6.45, 7) is 16.8. The van der Waals surface area contributed by atoms with Crippen molar-refractivity contribution in [1.82, 2.24) is 0 Å². The first-order valence-electron chi connectivity index (χ1n) is 12.3. The van der Waals surface area contributed by atoms with E-state index in [2.05, 4.69) is 6.72 Å². The van der Waals surface area contributed by atoms with Gasteiger partial charge in [0.05, 0.1) is 5.54 Å². The third-order valence-electron chi connectivity index (χ3n) is 7.64. The van der Waals surface area contributed by atoms with E-state index in [0.29, 0.717) is 34.0 Å². The molecule has 36 heavy (non-hydrogen) atoms. The molecule has 0 spiro atoms. The van der Waals surface area contributed by atoms with Crippen LogP contribution in [0.1, 0.15) is 61.3 Å². The van der Waals surface area contributed by atoms with E-state index in [9.17, 15) is 15.6 Å². The zero-order valence-corrected chi connectivity index (χ0v) is 22.4. The molecule has 0 aliphatic heterocycles. The van der Waals surface area contributed by atoms with Crippen molar-refractivity contribution in [3.05, 3.63) is 76.3 Å². The Hall–Kier alpha value is -3.29. The SMILES string of the molecule is C=[N+]([O-])c1ccc(N([O-])C(C)(C)C(C)(CC)Oc2ccc3cc(N([O-])C(C)(C)CC)ccc3c2)cc1. The predicted molar refractivity (Wildman–Crippen MR) is 150 cm³/mol. The number of ether oxygens (including phenoxy) is 1. The number of hydroxylamine groups is 2. The normalized spacial score (nSPS) is 13.8. The van der Waals surface area contributed by atoms with Crippen LogP contribution in [0.3, 0.4) is 0 Å². The Labute approximate surface area is 214 Å². The Kier molecular flexibility index (Phi) is 7.58. The van der Waals surface area contributed by atoms with Crippen LogP contribution >= 0.6 is 0 Å². The van der Waals surface area contributed by atoms with Crippen molar-refractivity contribution in [1.29, 1.82) is 0 Å². The van der Waals surface area contributed by atoms with Gasteiger partial charge in [0.1, 0.15) is 18.1 Å². The molecule has 0 aliphatic rings. The Morgan fingerprint density at radius 3 is 1.89 bits per heavy atom. The van der Waals surface area contributed by atoms with E-state index >= 15 is 0 Å². The lowest BCUT2D eigenvalue weighted by atomic mass is 9.81. The van der Waals surface area contributed by atoms with E-state index in [4.69, 9.17) is 4.74 Å². The monoisotopic (exact) mass is 491 g/mol. The standard InChI is InChI=1S/C29H37N3O4/c1-9-27(3,4)31(34)25-13-11-22-20-26(18-12-21(22)19-25)36-29(7,10-2)28(5,6)32(35)24-16-14-23(15-17-24)30(8)33/h11-20H,8-10H2,1-7H3/q-2. The largest absolute Gasteiger partial charge is 0.758 e. The maximum absolute atomic E-state index is 13.5. The lowest BCUT2D eigenvalue weighted by Crippen LogP contribution is -2.60. The Bertz CT molecular complexity index is 1220. The summed E-state index contributed by atoms with van der Waals surface area (Å²) in [4.78, 5) is 0. The number of hydrogen-bond donors (Lipinski definition) is 0. The van der Waals surface area contributed by atoms with Gasteiger partial charge in [-0.25, -0.2) is 0 Å². The molecule has 0 N–H and O–H groups in total. The molecule has 0 radical (unpaired) electrons. The van der Waals surface area contributed by atoms with Gasteiger partial charge in [-0.2, -0.15) is 4.74 Å². The summed E-state index contributed by atoms with van der Waals surface area (Å²) >= 11 is 0. The maximum atomic E-state index is 13.5. The average Bonchev–Trinajstić information content (AvgIpc) is 2.87. The van der Waals surface area contributed by atoms with E-state index in [-0.39, 0.29) is 0 Å². The fourth-order valence-electron chi connectivity index (χ4n) is 4.08. The molecule has 0 aliphatic carbocycles. The van der Waals surface area contributed by atoms with Gasteiger partial charge in [-0.1, -0.05) is 26.0 Å². The van der Waals surface area contributed by atoms with Crippen LogP contribution in [-0.2, 0) is 0 Å². The molecule has 1 atom stereocenters. The molecule has 194 valence electrons. The third kappa shape index (κ3) is 5.13. The lowest BCUT2D eigenvalue weighted by molar-refractivity contribution is -0.349. The van der Waals surface area contributed by atoms with Gasteiger partial charge in [-0.15, -0.1) is 0 Å². The molecule has 0 aromatic heterocycles. The van der Waals surface area contributed by atoms with Gasteiger partial charge < -0.3 is 30.5 Å². The van der Waals surface area contributed by atoms with Crippen LogP contribution in [0.5, 0.6) is 5.75 Å². The Balaban J connectivity index is 1.88. The number of hydrogen-bond acceptors (Lipinski definition) is 6. The van der Waals surface area contributed by atoms with E-state index in [0.717, 1.165) is 27.3 Å². The smallest absolute Gasteiger partial charge is 0.216 e. The van der Waals surface area contributed by atoms with E-state index in [1.54, 1.807) is 24.3 Å². The van der Waals surface area contributed by atoms with Gasteiger partial charge in [0.15, 0.2) is 0 Å². The van der Waals surface area contributed by atoms with Crippen LogP contribution in [0.15, 0.2) is 60.7 Å². The highest BCUT2D eigenvalue weighted by atomic mass is 16.5. The first-order chi connectivity index (χ1) is 16.8. The molecular formula is C29H37N3O4-2. The summed E-state index contributed by atoms with van der Waals surface area (Å²) in [6.07, 6.45) is 1.32. The van der Waals surface area contributed by atoms with Crippen LogP contribution in [0.2, 0.25) is 0 Å². The van der Waals surface area contributed by atoms with Crippen LogP contribution in [0.25, 0.3) is 10.8 Å². The summed E-state index contributed by atoms with van der Waals surface area (Å²) in [5.74, 6) is 0.642. The third-order valence-corrected chi connectivity index (χ3v) is 7.64. The van der Waals surface area contributed by atoms with Gasteiger partial charge in [-0.3, -0.25) is 0 Å². The Morgan fingerprint density at radius 2 is 1.33 bits per heavy atom. The van der Waals surface area contributed by atoms with Gasteiger partial charge in [-0.05, 0) is 94.6 Å². The molecular weight excluding hydrogens is 454 g/mol. The minimum atomic E-state index is -0.946. The quantitative estimate of drug-likeness (QED) is 0.126. The van der Waals surface area contributed by atoms with Crippen LogP contribution in [0.4, 0.5) is 17.1 Å². The summed E-state index contributed by atoms with van der Waals surface area (Å²) in [7, 11) is 0. The summed E-state index contributed by atoms with van der Waals surface area (Å²) < 4.78 is 7.00. The molecule has 3 rings (SSSR count). The second-order valence-electron chi connectivity index (χ2n) is 10.6. The number of fused-ring (bicyclic) bond motifs is 1. The van der Waals surface area contributed by atoms with Crippen LogP contribution < -0.4 is 14.9 Å². The molecule has 0 heterocycles. The topological polar surface area (TPSA) is 87.9 Å². The minimum Gasteiger partial charge on any atom is -0.758 e. The molecule has 0 saturated carbocycles. The van der Waals surface area contributed by atoms with Crippen LogP contribution in [-0.4, -0.2) is 28.1 Å². The molecule has 3 aromatic carbocycles. The molecule has 1 unspecified atom stereocenters. The van der Waals surface area contributed by atoms with Crippen LogP contribution in [0, 0.1) is 15.6 Å². The summed E-state index contributed by atoms with van der Waals surface area (Å²) in [5.41, 5.74) is -0.853. The predicted octanol–water partition coefficient (Wildman–Crippen LogP) is 7.51. The first-order valence-corrected chi connectivity index (χ1v) is 12.3. The zero-order chi connectivity index (χ0) is 26.9. The molecule has 7 nitrogen and oxygen atoms in total. The van der Waals surface area contributed by atoms with Crippen molar-refractivity contribution < 1.29 is 9.48 Å². The number of benzene rings is 3. The Morgan fingerprint density at radius 1 is 0.778 bits per heavy atom. The van der Waals surface area contributed by atoms with Gasteiger partial charge in [0.2, 0.25) is 5.69 Å². The summed E-state index contributed by atoms with van der Waals surface area (Å²) in [6, 6.07) is 17.8. The van der Waals surface area contributed by atoms with Crippen molar-refractivity contribution in [2.45, 2.75) is 78.0 Å². The highest BCUT2D eigenvalue weighted by Crippen LogP contribution is 2.39. The second kappa shape index (κ2) is 9.99. The lowest BCUT2D eigenvalue weighted by Gasteiger charge is -2.55. The van der Waals surface area contributed by atoms with E-state index < -0.39 is 16.7 Å². The highest BCUT2D eigenvalue weighted by molar-refractivity contribution is 5.87. The molecule has 0 fully saturated rings. The molecule has 3 aromatic rings. The highest BCUT2D eigenvalue weighted by Gasteiger charge is 2.43. The molecule has 7 heteroatoms. The van der Waals surface area contributed by atoms with Crippen molar-refractivity contribution >= 4 is 34.6 Å². The number of nitrogens with zero attached hydrogens (tertiary/aromatic N) is 3. The average molecular weight is 492 g/mol. The van der Waals surface area contributed by atoms with Gasteiger partial charge in [0.25, 0.3) is 0 Å². The molecule has 0 bridgehead atoms. The fourth-order valence-corrected chi connectivity index (χ4v) is 4.08. The van der Waals surface area contributed by atoms with Gasteiger partial charge in [0, 0.05) is 29.0 Å². The second-order valence-corrected chi connectivity index (χ2v) is 10.6. The zero-order valence-electron chi connectivity index (χ0n) is 22.4.